The molecule has 3 nitrogen and oxygen atoms in total. The quantitative estimate of drug-likeness (QED) is 0.839. The predicted molar refractivity (Wildman–Crippen MR) is 73.7 cm³/mol. The summed E-state index contributed by atoms with van der Waals surface area (Å²) in [4.78, 5) is 0. The maximum absolute atomic E-state index is 9.22. The molecule has 0 heterocycles. The van der Waals surface area contributed by atoms with Crippen LogP contribution in [0.5, 0.6) is 5.75 Å². The molecule has 0 aliphatic carbocycles. The minimum absolute atomic E-state index is 0.355. The normalized spacial score (nSPS) is 13.7. The highest BCUT2D eigenvalue weighted by Crippen LogP contribution is 2.20. The summed E-state index contributed by atoms with van der Waals surface area (Å²) in [7, 11) is 0. The van der Waals surface area contributed by atoms with Crippen LogP contribution in [0.15, 0.2) is 18.2 Å². The van der Waals surface area contributed by atoms with Crippen LogP contribution in [0.4, 0.5) is 0 Å². The Labute approximate surface area is 110 Å². The van der Waals surface area contributed by atoms with Gasteiger partial charge in [-0.2, -0.15) is 5.26 Å². The topological polar surface area (TPSA) is 45.0 Å². The van der Waals surface area contributed by atoms with Crippen molar-refractivity contribution in [1.29, 1.82) is 5.26 Å². The molecule has 18 heavy (non-hydrogen) atoms. The van der Waals surface area contributed by atoms with Gasteiger partial charge in [-0.3, -0.25) is 5.32 Å². The average Bonchev–Trinajstić information content (AvgIpc) is 2.37. The van der Waals surface area contributed by atoms with Gasteiger partial charge in [-0.25, -0.2) is 0 Å². The Morgan fingerprint density at radius 2 is 2.11 bits per heavy atom. The first kappa shape index (κ1) is 14.5. The van der Waals surface area contributed by atoms with Gasteiger partial charge in [-0.15, -0.1) is 0 Å². The monoisotopic (exact) mass is 246 g/mol. The summed E-state index contributed by atoms with van der Waals surface area (Å²) in [5.41, 5.74) is 1.62. The van der Waals surface area contributed by atoms with E-state index in [0.717, 1.165) is 29.8 Å². The number of nitrogens with zero attached hydrogens (tertiary/aromatic N) is 1. The maximum Gasteiger partial charge on any atom is 0.138 e. The van der Waals surface area contributed by atoms with Crippen molar-refractivity contribution in [3.8, 4) is 11.8 Å². The lowest BCUT2D eigenvalue weighted by Crippen LogP contribution is -2.46. The number of rotatable bonds is 6. The van der Waals surface area contributed by atoms with Crippen LogP contribution in [0.2, 0.25) is 0 Å². The summed E-state index contributed by atoms with van der Waals surface area (Å²) in [6, 6.07) is 8.38. The third-order valence-corrected chi connectivity index (χ3v) is 2.87. The Morgan fingerprint density at radius 1 is 1.39 bits per heavy atom. The van der Waals surface area contributed by atoms with Crippen molar-refractivity contribution < 1.29 is 4.74 Å². The molecule has 0 bridgehead atoms. The number of hydrogen-bond acceptors (Lipinski definition) is 3. The minimum Gasteiger partial charge on any atom is -0.490 e. The molecule has 3 heteroatoms. The summed E-state index contributed by atoms with van der Waals surface area (Å²) in [5, 5.41) is 12.4. The first-order valence-corrected chi connectivity index (χ1v) is 6.37. The minimum atomic E-state index is -0.633. The van der Waals surface area contributed by atoms with Crippen LogP contribution in [-0.4, -0.2) is 18.7 Å². The molecule has 1 unspecified atom stereocenters. The van der Waals surface area contributed by atoms with Gasteiger partial charge in [0.15, 0.2) is 0 Å². The van der Waals surface area contributed by atoms with Gasteiger partial charge in [-0.05, 0) is 50.9 Å². The molecule has 0 saturated carbocycles. The van der Waals surface area contributed by atoms with Crippen molar-refractivity contribution in [2.75, 3.05) is 13.2 Å². The second-order valence-electron chi connectivity index (χ2n) is 4.93. The number of nitrogens with one attached hydrogen (secondary N) is 1. The largest absolute Gasteiger partial charge is 0.490 e. The molecule has 0 aliphatic rings. The molecule has 0 fully saturated rings. The lowest BCUT2D eigenvalue weighted by molar-refractivity contribution is 0.233. The van der Waals surface area contributed by atoms with E-state index in [4.69, 9.17) is 4.74 Å². The van der Waals surface area contributed by atoms with Gasteiger partial charge in [0.2, 0.25) is 0 Å². The summed E-state index contributed by atoms with van der Waals surface area (Å²) < 4.78 is 5.79. The van der Waals surface area contributed by atoms with E-state index in [1.807, 2.05) is 32.9 Å². The fourth-order valence-corrected chi connectivity index (χ4v) is 1.61. The van der Waals surface area contributed by atoms with Crippen molar-refractivity contribution in [2.24, 2.45) is 0 Å². The lowest BCUT2D eigenvalue weighted by atomic mass is 10.1. The zero-order valence-electron chi connectivity index (χ0n) is 11.7. The number of aryl methyl sites for hydroxylation is 2. The summed E-state index contributed by atoms with van der Waals surface area (Å²) in [6.07, 6.45) is 1.00. The Bertz CT molecular complexity index is 437. The van der Waals surface area contributed by atoms with E-state index in [1.54, 1.807) is 0 Å². The van der Waals surface area contributed by atoms with Crippen LogP contribution in [-0.2, 0) is 0 Å². The first-order valence-electron chi connectivity index (χ1n) is 6.37. The lowest BCUT2D eigenvalue weighted by Gasteiger charge is -2.23. The summed E-state index contributed by atoms with van der Waals surface area (Å²) in [5.74, 6) is 0.856. The number of hydrogen-bond donors (Lipinski definition) is 1. The Morgan fingerprint density at radius 3 is 2.72 bits per heavy atom. The number of benzene rings is 1. The van der Waals surface area contributed by atoms with E-state index >= 15 is 0 Å². The second-order valence-corrected chi connectivity index (χ2v) is 4.93. The zero-order valence-corrected chi connectivity index (χ0v) is 11.7. The summed E-state index contributed by atoms with van der Waals surface area (Å²) >= 11 is 0. The fourth-order valence-electron chi connectivity index (χ4n) is 1.61. The highest BCUT2D eigenvalue weighted by Gasteiger charge is 2.23. The van der Waals surface area contributed by atoms with Crippen LogP contribution in [0.3, 0.4) is 0 Å². The highest BCUT2D eigenvalue weighted by molar-refractivity contribution is 5.36. The van der Waals surface area contributed by atoms with E-state index in [9.17, 15) is 5.26 Å². The molecule has 0 aromatic heterocycles. The van der Waals surface area contributed by atoms with Gasteiger partial charge in [0.25, 0.3) is 0 Å². The molecule has 1 N–H and O–H groups in total. The smallest absolute Gasteiger partial charge is 0.138 e. The molecule has 0 amide bonds. The molecular formula is C15H22N2O. The highest BCUT2D eigenvalue weighted by atomic mass is 16.5. The van der Waals surface area contributed by atoms with Gasteiger partial charge < -0.3 is 4.74 Å². The van der Waals surface area contributed by atoms with Crippen molar-refractivity contribution in [2.45, 2.75) is 39.7 Å². The van der Waals surface area contributed by atoms with Gasteiger partial charge >= 0.3 is 0 Å². The predicted octanol–water partition coefficient (Wildman–Crippen LogP) is 2.96. The van der Waals surface area contributed by atoms with Gasteiger partial charge in [-0.1, -0.05) is 19.1 Å². The van der Waals surface area contributed by atoms with Gasteiger partial charge in [0.1, 0.15) is 17.9 Å². The molecule has 0 saturated heterocycles. The second kappa shape index (κ2) is 6.42. The van der Waals surface area contributed by atoms with Crippen LogP contribution >= 0.6 is 0 Å². The third kappa shape index (κ3) is 4.05. The SMILES string of the molecule is CCCNC(C)(C#N)COc1cc(C)ccc1C. The molecule has 1 aromatic carbocycles. The standard InChI is InChI=1S/C15H22N2O/c1-5-8-17-15(4,10-16)11-18-14-9-12(2)6-7-13(14)3/h6-7,9,17H,5,8,11H2,1-4H3. The number of ether oxygens (including phenoxy) is 1. The Hall–Kier alpha value is -1.53. The van der Waals surface area contributed by atoms with E-state index in [-0.39, 0.29) is 0 Å². The van der Waals surface area contributed by atoms with E-state index in [0.29, 0.717) is 6.61 Å². The first-order chi connectivity index (χ1) is 8.50. The Kier molecular flexibility index (Phi) is 5.18. The van der Waals surface area contributed by atoms with Gasteiger partial charge in [0, 0.05) is 0 Å². The van der Waals surface area contributed by atoms with Crippen LogP contribution in [0, 0.1) is 25.2 Å². The Balaban J connectivity index is 2.68. The van der Waals surface area contributed by atoms with Crippen LogP contribution in [0.1, 0.15) is 31.4 Å². The molecule has 0 aliphatic heterocycles. The van der Waals surface area contributed by atoms with E-state index in [1.165, 1.54) is 0 Å². The maximum atomic E-state index is 9.22. The molecule has 1 atom stereocenters. The fraction of sp³-hybridized carbons (Fsp3) is 0.533. The molecular weight excluding hydrogens is 224 g/mol. The van der Waals surface area contributed by atoms with Crippen molar-refractivity contribution in [3.05, 3.63) is 29.3 Å². The molecule has 1 aromatic rings. The van der Waals surface area contributed by atoms with E-state index in [2.05, 4.69) is 24.4 Å². The number of nitriles is 1. The van der Waals surface area contributed by atoms with Crippen LogP contribution < -0.4 is 10.1 Å². The molecule has 98 valence electrons. The van der Waals surface area contributed by atoms with Crippen molar-refractivity contribution in [1.82, 2.24) is 5.32 Å². The summed E-state index contributed by atoms with van der Waals surface area (Å²) in [6.45, 7) is 9.17. The van der Waals surface area contributed by atoms with Crippen LogP contribution in [0.25, 0.3) is 0 Å². The zero-order chi connectivity index (χ0) is 13.6. The van der Waals surface area contributed by atoms with Gasteiger partial charge in [0.05, 0.1) is 6.07 Å². The van der Waals surface area contributed by atoms with Crippen molar-refractivity contribution >= 4 is 0 Å². The molecule has 0 spiro atoms. The molecule has 1 rings (SSSR count). The third-order valence-electron chi connectivity index (χ3n) is 2.87. The molecule has 0 radical (unpaired) electrons. The van der Waals surface area contributed by atoms with E-state index < -0.39 is 5.54 Å². The van der Waals surface area contributed by atoms with Crippen molar-refractivity contribution in [3.63, 3.8) is 0 Å². The average molecular weight is 246 g/mol.